The predicted octanol–water partition coefficient (Wildman–Crippen LogP) is 2.33. The van der Waals surface area contributed by atoms with E-state index < -0.39 is 17.5 Å². The summed E-state index contributed by atoms with van der Waals surface area (Å²) in [6.45, 7) is 0. The fraction of sp³-hybridized carbons (Fsp3) is 0. The Morgan fingerprint density at radius 2 is 1.76 bits per heavy atom. The van der Waals surface area contributed by atoms with Crippen LogP contribution in [-0.4, -0.2) is 20.2 Å². The molecule has 0 fully saturated rings. The fourth-order valence-corrected chi connectivity index (χ4v) is 1.87. The molecule has 0 radical (unpaired) electrons. The maximum absolute atomic E-state index is 13.3. The molecule has 0 bridgehead atoms. The van der Waals surface area contributed by atoms with Gasteiger partial charge in [-0.15, -0.1) is 5.10 Å². The number of nitrogen functional groups attached to an aromatic ring is 1. The van der Waals surface area contributed by atoms with Crippen LogP contribution in [-0.2, 0) is 0 Å². The number of halogens is 3. The van der Waals surface area contributed by atoms with Gasteiger partial charge in [0.25, 0.3) is 0 Å². The number of aromatic nitrogens is 4. The Bertz CT molecular complexity index is 815. The zero-order valence-corrected chi connectivity index (χ0v) is 10.5. The molecule has 3 aromatic rings. The molecule has 8 heteroatoms. The van der Waals surface area contributed by atoms with Crippen LogP contribution in [0.3, 0.4) is 0 Å². The summed E-state index contributed by atoms with van der Waals surface area (Å²) in [6, 6.07) is 6.92. The monoisotopic (exact) mass is 291 g/mol. The van der Waals surface area contributed by atoms with Gasteiger partial charge in [0.1, 0.15) is 5.82 Å². The molecule has 0 aliphatic rings. The summed E-state index contributed by atoms with van der Waals surface area (Å²) in [6.07, 6.45) is 0. The van der Waals surface area contributed by atoms with Gasteiger partial charge in [-0.05, 0) is 40.8 Å². The minimum absolute atomic E-state index is 0.123. The number of nitrogens with two attached hydrogens (primary N) is 1. The summed E-state index contributed by atoms with van der Waals surface area (Å²) in [5, 5.41) is 10.9. The van der Waals surface area contributed by atoms with Crippen LogP contribution in [0, 0.1) is 17.5 Å². The van der Waals surface area contributed by atoms with Crippen molar-refractivity contribution in [3.05, 3.63) is 53.8 Å². The van der Waals surface area contributed by atoms with Crippen molar-refractivity contribution < 1.29 is 13.2 Å². The Morgan fingerprint density at radius 1 is 0.952 bits per heavy atom. The van der Waals surface area contributed by atoms with Crippen molar-refractivity contribution in [2.24, 2.45) is 0 Å². The van der Waals surface area contributed by atoms with Gasteiger partial charge >= 0.3 is 0 Å². The van der Waals surface area contributed by atoms with Crippen molar-refractivity contribution in [2.45, 2.75) is 0 Å². The first kappa shape index (κ1) is 13.1. The standard InChI is InChI=1S/C13H8F3N5/c14-7-1-4-12(17)9(5-7)13-18-19-20-21(13)8-2-3-10(15)11(16)6-8/h1-6H,17H2. The number of rotatable bonds is 2. The molecule has 2 N–H and O–H groups in total. The van der Waals surface area contributed by atoms with Crippen molar-refractivity contribution in [1.29, 1.82) is 0 Å². The molecule has 0 spiro atoms. The Kier molecular flexibility index (Phi) is 3.05. The van der Waals surface area contributed by atoms with Gasteiger partial charge in [-0.25, -0.2) is 13.2 Å². The molecular weight excluding hydrogens is 283 g/mol. The molecule has 0 unspecified atom stereocenters. The van der Waals surface area contributed by atoms with Gasteiger partial charge in [0.15, 0.2) is 17.5 Å². The molecule has 0 atom stereocenters. The summed E-state index contributed by atoms with van der Waals surface area (Å²) in [7, 11) is 0. The van der Waals surface area contributed by atoms with E-state index in [2.05, 4.69) is 15.5 Å². The predicted molar refractivity (Wildman–Crippen MR) is 68.9 cm³/mol. The van der Waals surface area contributed by atoms with Gasteiger partial charge in [-0.2, -0.15) is 4.68 Å². The molecule has 106 valence electrons. The van der Waals surface area contributed by atoms with Gasteiger partial charge in [-0.1, -0.05) is 0 Å². The highest BCUT2D eigenvalue weighted by Crippen LogP contribution is 2.26. The van der Waals surface area contributed by atoms with E-state index in [0.29, 0.717) is 0 Å². The number of hydrogen-bond acceptors (Lipinski definition) is 4. The van der Waals surface area contributed by atoms with Gasteiger partial charge < -0.3 is 5.73 Å². The Hall–Kier alpha value is -2.90. The highest BCUT2D eigenvalue weighted by atomic mass is 19.2. The summed E-state index contributed by atoms with van der Waals surface area (Å²) in [5.41, 5.74) is 6.48. The Labute approximate surface area is 116 Å². The van der Waals surface area contributed by atoms with Crippen LogP contribution in [0.5, 0.6) is 0 Å². The lowest BCUT2D eigenvalue weighted by Crippen LogP contribution is -2.03. The second-order valence-corrected chi connectivity index (χ2v) is 4.24. The van der Waals surface area contributed by atoms with Crippen LogP contribution in [0.2, 0.25) is 0 Å². The van der Waals surface area contributed by atoms with Gasteiger partial charge in [0.05, 0.1) is 5.69 Å². The zero-order chi connectivity index (χ0) is 15.0. The van der Waals surface area contributed by atoms with Crippen molar-refractivity contribution >= 4 is 5.69 Å². The molecule has 0 saturated carbocycles. The highest BCUT2D eigenvalue weighted by molar-refractivity contribution is 5.72. The maximum Gasteiger partial charge on any atom is 0.189 e. The molecule has 1 heterocycles. The third-order valence-electron chi connectivity index (χ3n) is 2.87. The second kappa shape index (κ2) is 4.89. The Balaban J connectivity index is 2.17. The Morgan fingerprint density at radius 3 is 2.52 bits per heavy atom. The maximum atomic E-state index is 13.3. The normalized spacial score (nSPS) is 10.8. The van der Waals surface area contributed by atoms with Crippen LogP contribution in [0.1, 0.15) is 0 Å². The van der Waals surface area contributed by atoms with Crippen LogP contribution in [0.25, 0.3) is 17.1 Å². The second-order valence-electron chi connectivity index (χ2n) is 4.24. The number of nitrogens with zero attached hydrogens (tertiary/aromatic N) is 4. The number of hydrogen-bond donors (Lipinski definition) is 1. The molecule has 1 aromatic heterocycles. The first-order valence-electron chi connectivity index (χ1n) is 5.85. The van der Waals surface area contributed by atoms with Crippen molar-refractivity contribution in [2.75, 3.05) is 5.73 Å². The lowest BCUT2D eigenvalue weighted by Gasteiger charge is -2.07. The largest absolute Gasteiger partial charge is 0.398 e. The average Bonchev–Trinajstić information content (AvgIpc) is 2.93. The molecule has 21 heavy (non-hydrogen) atoms. The minimum atomic E-state index is -1.04. The molecule has 0 aliphatic carbocycles. The average molecular weight is 291 g/mol. The van der Waals surface area contributed by atoms with E-state index in [1.54, 1.807) is 0 Å². The fourth-order valence-electron chi connectivity index (χ4n) is 1.87. The summed E-state index contributed by atoms with van der Waals surface area (Å²) >= 11 is 0. The highest BCUT2D eigenvalue weighted by Gasteiger charge is 2.15. The molecular formula is C13H8F3N5. The summed E-state index contributed by atoms with van der Waals surface area (Å²) < 4.78 is 40.8. The van der Waals surface area contributed by atoms with Crippen LogP contribution >= 0.6 is 0 Å². The van der Waals surface area contributed by atoms with E-state index in [9.17, 15) is 13.2 Å². The van der Waals surface area contributed by atoms with Crippen molar-refractivity contribution in [1.82, 2.24) is 20.2 Å². The van der Waals surface area contributed by atoms with Gasteiger partial charge in [-0.3, -0.25) is 0 Å². The molecule has 0 amide bonds. The van der Waals surface area contributed by atoms with Crippen LogP contribution in [0.4, 0.5) is 18.9 Å². The van der Waals surface area contributed by atoms with Gasteiger partial charge in [0, 0.05) is 17.3 Å². The summed E-state index contributed by atoms with van der Waals surface area (Å²) in [5.74, 6) is -2.42. The zero-order valence-electron chi connectivity index (χ0n) is 10.5. The number of anilines is 1. The SMILES string of the molecule is Nc1ccc(F)cc1-c1nnnn1-c1ccc(F)c(F)c1. The lowest BCUT2D eigenvalue weighted by molar-refractivity contribution is 0.507. The van der Waals surface area contributed by atoms with E-state index in [0.717, 1.165) is 22.9 Å². The smallest absolute Gasteiger partial charge is 0.189 e. The van der Waals surface area contributed by atoms with E-state index in [1.165, 1.54) is 18.2 Å². The molecule has 0 saturated heterocycles. The first-order valence-corrected chi connectivity index (χ1v) is 5.85. The topological polar surface area (TPSA) is 69.6 Å². The van der Waals surface area contributed by atoms with E-state index >= 15 is 0 Å². The van der Waals surface area contributed by atoms with E-state index in [-0.39, 0.29) is 22.8 Å². The van der Waals surface area contributed by atoms with Crippen LogP contribution < -0.4 is 5.73 Å². The van der Waals surface area contributed by atoms with E-state index in [1.807, 2.05) is 0 Å². The van der Waals surface area contributed by atoms with Crippen molar-refractivity contribution in [3.63, 3.8) is 0 Å². The third-order valence-corrected chi connectivity index (χ3v) is 2.87. The minimum Gasteiger partial charge on any atom is -0.398 e. The molecule has 3 rings (SSSR count). The number of tetrazole rings is 1. The number of benzene rings is 2. The molecule has 5 nitrogen and oxygen atoms in total. The van der Waals surface area contributed by atoms with Gasteiger partial charge in [0.2, 0.25) is 0 Å². The lowest BCUT2D eigenvalue weighted by atomic mass is 10.1. The van der Waals surface area contributed by atoms with Crippen LogP contribution in [0.15, 0.2) is 36.4 Å². The first-order chi connectivity index (χ1) is 10.1. The third kappa shape index (κ3) is 2.31. The van der Waals surface area contributed by atoms with E-state index in [4.69, 9.17) is 5.73 Å². The summed E-state index contributed by atoms with van der Waals surface area (Å²) in [4.78, 5) is 0. The molecule has 2 aromatic carbocycles. The molecule has 0 aliphatic heterocycles. The van der Waals surface area contributed by atoms with Crippen molar-refractivity contribution in [3.8, 4) is 17.1 Å². The quantitative estimate of drug-likeness (QED) is 0.736.